The first-order chi connectivity index (χ1) is 13.2. The molecule has 0 spiro atoms. The van der Waals surface area contributed by atoms with Gasteiger partial charge in [0.05, 0.1) is 19.1 Å². The molecule has 7 nitrogen and oxygen atoms in total. The van der Waals surface area contributed by atoms with Crippen LogP contribution in [0.3, 0.4) is 0 Å². The standard InChI is InChI=1S/C19H21N3O4S/c1-4-22(5-2)14-8-6-13(7-9-14)17-20-21-19(26-17)27-12-16-15(10-11-25-16)18(23)24-3/h6-11H,4-5,12H2,1-3H3. The molecule has 8 heteroatoms. The van der Waals surface area contributed by atoms with Gasteiger partial charge in [-0.2, -0.15) is 0 Å². The van der Waals surface area contributed by atoms with Crippen molar-refractivity contribution in [1.82, 2.24) is 10.2 Å². The molecule has 0 fully saturated rings. The number of esters is 1. The van der Waals surface area contributed by atoms with Crippen molar-refractivity contribution >= 4 is 23.4 Å². The Morgan fingerprint density at radius 3 is 2.56 bits per heavy atom. The van der Waals surface area contributed by atoms with Crippen molar-refractivity contribution in [3.63, 3.8) is 0 Å². The number of ether oxygens (including phenoxy) is 1. The zero-order chi connectivity index (χ0) is 19.2. The highest BCUT2D eigenvalue weighted by Crippen LogP contribution is 2.28. The quantitative estimate of drug-likeness (QED) is 0.419. The third-order valence-corrected chi connectivity index (χ3v) is 4.95. The predicted octanol–water partition coefficient (Wildman–Crippen LogP) is 4.25. The highest BCUT2D eigenvalue weighted by atomic mass is 32.2. The third kappa shape index (κ3) is 4.33. The number of rotatable bonds is 8. The Kier molecular flexibility index (Phi) is 6.18. The molecule has 0 aliphatic carbocycles. The van der Waals surface area contributed by atoms with E-state index in [1.54, 1.807) is 6.07 Å². The maximum absolute atomic E-state index is 11.7. The molecule has 3 rings (SSSR count). The number of aromatic nitrogens is 2. The summed E-state index contributed by atoms with van der Waals surface area (Å²) in [6.07, 6.45) is 1.46. The highest BCUT2D eigenvalue weighted by Gasteiger charge is 2.17. The molecule has 1 aromatic carbocycles. The van der Waals surface area contributed by atoms with Crippen LogP contribution in [0.4, 0.5) is 5.69 Å². The molecule has 0 amide bonds. The van der Waals surface area contributed by atoms with E-state index in [0.29, 0.717) is 28.2 Å². The Balaban J connectivity index is 1.67. The summed E-state index contributed by atoms with van der Waals surface area (Å²) in [6.45, 7) is 6.17. The summed E-state index contributed by atoms with van der Waals surface area (Å²) in [7, 11) is 1.34. The van der Waals surface area contributed by atoms with Crippen molar-refractivity contribution in [2.75, 3.05) is 25.1 Å². The minimum absolute atomic E-state index is 0.389. The van der Waals surface area contributed by atoms with Crippen LogP contribution in [0.1, 0.15) is 30.0 Å². The minimum Gasteiger partial charge on any atom is -0.468 e. The summed E-state index contributed by atoms with van der Waals surface area (Å²) >= 11 is 1.30. The van der Waals surface area contributed by atoms with Crippen LogP contribution in [-0.2, 0) is 10.5 Å². The average Bonchev–Trinajstić information content (AvgIpc) is 3.36. The monoisotopic (exact) mass is 387 g/mol. The van der Waals surface area contributed by atoms with Crippen molar-refractivity contribution in [2.45, 2.75) is 24.8 Å². The molecule has 0 saturated carbocycles. The summed E-state index contributed by atoms with van der Waals surface area (Å²) in [5, 5.41) is 8.56. The maximum atomic E-state index is 11.7. The first-order valence-electron chi connectivity index (χ1n) is 8.62. The fraction of sp³-hybridized carbons (Fsp3) is 0.316. The molecule has 0 unspecified atom stereocenters. The lowest BCUT2D eigenvalue weighted by molar-refractivity contribution is 0.0598. The molecule has 2 aromatic heterocycles. The summed E-state index contributed by atoms with van der Waals surface area (Å²) in [4.78, 5) is 13.9. The van der Waals surface area contributed by atoms with Gasteiger partial charge in [-0.3, -0.25) is 0 Å². The topological polar surface area (TPSA) is 81.6 Å². The van der Waals surface area contributed by atoms with Gasteiger partial charge in [0, 0.05) is 24.3 Å². The number of anilines is 1. The van der Waals surface area contributed by atoms with Crippen molar-refractivity contribution in [3.8, 4) is 11.5 Å². The Bertz CT molecular complexity index is 885. The van der Waals surface area contributed by atoms with Crippen LogP contribution in [0, 0.1) is 0 Å². The number of hydrogen-bond acceptors (Lipinski definition) is 8. The van der Waals surface area contributed by atoms with E-state index in [1.165, 1.54) is 25.1 Å². The second-order valence-electron chi connectivity index (χ2n) is 5.63. The molecule has 27 heavy (non-hydrogen) atoms. The Morgan fingerprint density at radius 2 is 1.89 bits per heavy atom. The van der Waals surface area contributed by atoms with Crippen LogP contribution in [0.25, 0.3) is 11.5 Å². The van der Waals surface area contributed by atoms with Crippen molar-refractivity contribution in [1.29, 1.82) is 0 Å². The minimum atomic E-state index is -0.432. The summed E-state index contributed by atoms with van der Waals surface area (Å²) in [6, 6.07) is 9.61. The van der Waals surface area contributed by atoms with Crippen LogP contribution >= 0.6 is 11.8 Å². The first-order valence-corrected chi connectivity index (χ1v) is 9.61. The molecule has 3 aromatic rings. The molecule has 0 bridgehead atoms. The number of hydrogen-bond donors (Lipinski definition) is 0. The first kappa shape index (κ1) is 19.0. The molecule has 0 N–H and O–H groups in total. The fourth-order valence-corrected chi connectivity index (χ4v) is 3.37. The van der Waals surface area contributed by atoms with Crippen molar-refractivity contribution in [3.05, 3.63) is 47.9 Å². The number of carbonyl (C=O) groups is 1. The number of benzene rings is 1. The van der Waals surface area contributed by atoms with Gasteiger partial charge < -0.3 is 18.5 Å². The van der Waals surface area contributed by atoms with Crippen molar-refractivity contribution < 1.29 is 18.4 Å². The van der Waals surface area contributed by atoms with E-state index in [2.05, 4.69) is 28.9 Å². The van der Waals surface area contributed by atoms with Crippen LogP contribution < -0.4 is 4.90 Å². The summed E-state index contributed by atoms with van der Waals surface area (Å²) in [5.74, 6) is 0.922. The van der Waals surface area contributed by atoms with E-state index in [0.717, 1.165) is 24.3 Å². The van der Waals surface area contributed by atoms with Crippen LogP contribution in [0.5, 0.6) is 0 Å². The van der Waals surface area contributed by atoms with E-state index in [1.807, 2.05) is 24.3 Å². The number of methoxy groups -OCH3 is 1. The zero-order valence-electron chi connectivity index (χ0n) is 15.5. The van der Waals surface area contributed by atoms with E-state index in [-0.39, 0.29) is 0 Å². The Morgan fingerprint density at radius 1 is 1.15 bits per heavy atom. The lowest BCUT2D eigenvalue weighted by Crippen LogP contribution is -2.21. The van der Waals surface area contributed by atoms with Crippen molar-refractivity contribution in [2.24, 2.45) is 0 Å². The van der Waals surface area contributed by atoms with E-state index < -0.39 is 5.97 Å². The molecule has 0 saturated heterocycles. The summed E-state index contributed by atoms with van der Waals surface area (Å²) < 4.78 is 15.8. The zero-order valence-corrected chi connectivity index (χ0v) is 16.3. The van der Waals surface area contributed by atoms with E-state index >= 15 is 0 Å². The number of furan rings is 1. The molecule has 0 aliphatic heterocycles. The van der Waals surface area contributed by atoms with Gasteiger partial charge in [0.25, 0.3) is 5.22 Å². The normalized spacial score (nSPS) is 10.8. The highest BCUT2D eigenvalue weighted by molar-refractivity contribution is 7.98. The van der Waals surface area contributed by atoms with E-state index in [4.69, 9.17) is 13.6 Å². The maximum Gasteiger partial charge on any atom is 0.341 e. The second-order valence-corrected chi connectivity index (χ2v) is 6.56. The lowest BCUT2D eigenvalue weighted by Gasteiger charge is -2.20. The largest absolute Gasteiger partial charge is 0.468 e. The Hall–Kier alpha value is -2.74. The average molecular weight is 387 g/mol. The molecule has 0 atom stereocenters. The smallest absolute Gasteiger partial charge is 0.341 e. The predicted molar refractivity (Wildman–Crippen MR) is 103 cm³/mol. The van der Waals surface area contributed by atoms with Gasteiger partial charge in [0.15, 0.2) is 0 Å². The van der Waals surface area contributed by atoms with Crippen LogP contribution in [0.2, 0.25) is 0 Å². The lowest BCUT2D eigenvalue weighted by atomic mass is 10.2. The molecular weight excluding hydrogens is 366 g/mol. The van der Waals surface area contributed by atoms with Gasteiger partial charge in [-0.15, -0.1) is 10.2 Å². The molecule has 0 aliphatic rings. The fourth-order valence-electron chi connectivity index (χ4n) is 2.66. The molecule has 0 radical (unpaired) electrons. The molecular formula is C19H21N3O4S. The number of nitrogens with zero attached hydrogens (tertiary/aromatic N) is 3. The number of thioether (sulfide) groups is 1. The third-order valence-electron chi connectivity index (χ3n) is 4.13. The van der Waals surface area contributed by atoms with Crippen LogP contribution in [0.15, 0.2) is 50.7 Å². The molecule has 142 valence electrons. The van der Waals surface area contributed by atoms with Gasteiger partial charge >= 0.3 is 5.97 Å². The van der Waals surface area contributed by atoms with Gasteiger partial charge in [-0.1, -0.05) is 11.8 Å². The molecule has 2 heterocycles. The second kappa shape index (κ2) is 8.77. The summed E-state index contributed by atoms with van der Waals surface area (Å²) in [5.41, 5.74) is 2.42. The number of carbonyl (C=O) groups excluding carboxylic acids is 1. The van der Waals surface area contributed by atoms with Gasteiger partial charge in [-0.05, 0) is 44.2 Å². The van der Waals surface area contributed by atoms with Gasteiger partial charge in [0.2, 0.25) is 5.89 Å². The van der Waals surface area contributed by atoms with Gasteiger partial charge in [-0.25, -0.2) is 4.79 Å². The van der Waals surface area contributed by atoms with E-state index in [9.17, 15) is 4.79 Å². The SMILES string of the molecule is CCN(CC)c1ccc(-c2nnc(SCc3occc3C(=O)OC)o2)cc1. The van der Waals surface area contributed by atoms with Gasteiger partial charge in [0.1, 0.15) is 11.3 Å². The van der Waals surface area contributed by atoms with Crippen LogP contribution in [-0.4, -0.2) is 36.4 Å². The Labute approximate surface area is 161 Å².